The standard InChI is InChI=1S/C15H11F2NO2/c1-19-12-5-10(8-18)6-13(7-12)20-9-11-3-2-4-14(16)15(11)17/h2-7H,9H2,1H3. The summed E-state index contributed by atoms with van der Waals surface area (Å²) < 4.78 is 36.9. The average Bonchev–Trinajstić information content (AvgIpc) is 2.48. The maximum atomic E-state index is 13.5. The number of nitrogens with zero attached hydrogens (tertiary/aromatic N) is 1. The van der Waals surface area contributed by atoms with E-state index < -0.39 is 11.6 Å². The molecule has 2 aromatic carbocycles. The summed E-state index contributed by atoms with van der Waals surface area (Å²) >= 11 is 0. The minimum Gasteiger partial charge on any atom is -0.497 e. The Balaban J connectivity index is 2.19. The van der Waals surface area contributed by atoms with Crippen LogP contribution in [0, 0.1) is 23.0 Å². The van der Waals surface area contributed by atoms with E-state index >= 15 is 0 Å². The second kappa shape index (κ2) is 6.02. The molecular formula is C15H11F2NO2. The summed E-state index contributed by atoms with van der Waals surface area (Å²) in [5.74, 6) is -1.05. The molecule has 0 radical (unpaired) electrons. The van der Waals surface area contributed by atoms with Crippen LogP contribution >= 0.6 is 0 Å². The van der Waals surface area contributed by atoms with Gasteiger partial charge in [-0.15, -0.1) is 0 Å². The second-order valence-corrected chi connectivity index (χ2v) is 4.01. The van der Waals surface area contributed by atoms with Gasteiger partial charge in [0.2, 0.25) is 0 Å². The van der Waals surface area contributed by atoms with Crippen LogP contribution in [-0.4, -0.2) is 7.11 Å². The van der Waals surface area contributed by atoms with Crippen LogP contribution in [0.5, 0.6) is 11.5 Å². The molecule has 0 heterocycles. The van der Waals surface area contributed by atoms with Crippen LogP contribution in [0.2, 0.25) is 0 Å². The van der Waals surface area contributed by atoms with Crippen molar-refractivity contribution < 1.29 is 18.3 Å². The van der Waals surface area contributed by atoms with Gasteiger partial charge in [-0.3, -0.25) is 0 Å². The third kappa shape index (κ3) is 3.04. The van der Waals surface area contributed by atoms with Crippen molar-refractivity contribution in [3.05, 3.63) is 59.2 Å². The molecule has 0 saturated carbocycles. The van der Waals surface area contributed by atoms with E-state index in [2.05, 4.69) is 0 Å². The Morgan fingerprint density at radius 3 is 2.60 bits per heavy atom. The van der Waals surface area contributed by atoms with E-state index in [-0.39, 0.29) is 12.2 Å². The van der Waals surface area contributed by atoms with Gasteiger partial charge in [-0.05, 0) is 18.2 Å². The molecule has 0 aliphatic rings. The number of hydrogen-bond donors (Lipinski definition) is 0. The third-order valence-corrected chi connectivity index (χ3v) is 2.67. The van der Waals surface area contributed by atoms with Crippen LogP contribution in [0.4, 0.5) is 8.78 Å². The van der Waals surface area contributed by atoms with Crippen molar-refractivity contribution in [1.82, 2.24) is 0 Å². The van der Waals surface area contributed by atoms with E-state index in [1.807, 2.05) is 6.07 Å². The quantitative estimate of drug-likeness (QED) is 0.858. The van der Waals surface area contributed by atoms with Gasteiger partial charge in [0.25, 0.3) is 0 Å². The van der Waals surface area contributed by atoms with Crippen LogP contribution in [0.1, 0.15) is 11.1 Å². The van der Waals surface area contributed by atoms with Crippen molar-refractivity contribution in [2.75, 3.05) is 7.11 Å². The smallest absolute Gasteiger partial charge is 0.165 e. The van der Waals surface area contributed by atoms with E-state index in [0.29, 0.717) is 17.1 Å². The maximum absolute atomic E-state index is 13.5. The van der Waals surface area contributed by atoms with Gasteiger partial charge in [0.05, 0.1) is 18.7 Å². The number of ether oxygens (including phenoxy) is 2. The monoisotopic (exact) mass is 275 g/mol. The lowest BCUT2D eigenvalue weighted by Gasteiger charge is -2.09. The average molecular weight is 275 g/mol. The van der Waals surface area contributed by atoms with Crippen LogP contribution in [0.3, 0.4) is 0 Å². The molecule has 0 aromatic heterocycles. The topological polar surface area (TPSA) is 42.2 Å². The summed E-state index contributed by atoms with van der Waals surface area (Å²) in [4.78, 5) is 0. The Morgan fingerprint density at radius 1 is 1.15 bits per heavy atom. The van der Waals surface area contributed by atoms with Crippen molar-refractivity contribution in [2.24, 2.45) is 0 Å². The SMILES string of the molecule is COc1cc(C#N)cc(OCc2cccc(F)c2F)c1. The number of benzene rings is 2. The van der Waals surface area contributed by atoms with E-state index in [9.17, 15) is 8.78 Å². The molecule has 0 amide bonds. The first-order valence-corrected chi connectivity index (χ1v) is 5.79. The Hall–Kier alpha value is -2.61. The van der Waals surface area contributed by atoms with Crippen molar-refractivity contribution in [1.29, 1.82) is 5.26 Å². The Labute approximate surface area is 115 Å². The molecule has 5 heteroatoms. The van der Waals surface area contributed by atoms with Gasteiger partial charge >= 0.3 is 0 Å². The number of nitriles is 1. The fourth-order valence-corrected chi connectivity index (χ4v) is 1.66. The largest absolute Gasteiger partial charge is 0.497 e. The highest BCUT2D eigenvalue weighted by Gasteiger charge is 2.09. The summed E-state index contributed by atoms with van der Waals surface area (Å²) in [5, 5.41) is 8.88. The van der Waals surface area contributed by atoms with Gasteiger partial charge in [-0.25, -0.2) is 8.78 Å². The summed E-state index contributed by atoms with van der Waals surface area (Å²) in [5.41, 5.74) is 0.463. The zero-order valence-corrected chi connectivity index (χ0v) is 10.7. The molecule has 2 aromatic rings. The van der Waals surface area contributed by atoms with Gasteiger partial charge in [-0.2, -0.15) is 5.26 Å². The van der Waals surface area contributed by atoms with Gasteiger partial charge in [0, 0.05) is 11.6 Å². The fraction of sp³-hybridized carbons (Fsp3) is 0.133. The van der Waals surface area contributed by atoms with Gasteiger partial charge in [-0.1, -0.05) is 12.1 Å². The third-order valence-electron chi connectivity index (χ3n) is 2.67. The second-order valence-electron chi connectivity index (χ2n) is 4.01. The summed E-state index contributed by atoms with van der Waals surface area (Å²) in [6.45, 7) is -0.137. The van der Waals surface area contributed by atoms with E-state index in [1.54, 1.807) is 12.1 Å². The van der Waals surface area contributed by atoms with Crippen LogP contribution in [0.15, 0.2) is 36.4 Å². The van der Waals surface area contributed by atoms with Gasteiger partial charge in [0.15, 0.2) is 11.6 Å². The summed E-state index contributed by atoms with van der Waals surface area (Å²) in [6, 6.07) is 10.5. The van der Waals surface area contributed by atoms with Crippen LogP contribution in [0.25, 0.3) is 0 Å². The predicted octanol–water partition coefficient (Wildman–Crippen LogP) is 3.42. The zero-order chi connectivity index (χ0) is 14.5. The first kappa shape index (κ1) is 13.8. The van der Waals surface area contributed by atoms with Gasteiger partial charge < -0.3 is 9.47 Å². The summed E-state index contributed by atoms with van der Waals surface area (Å²) in [7, 11) is 1.46. The van der Waals surface area contributed by atoms with Crippen LogP contribution < -0.4 is 9.47 Å². The van der Waals surface area contributed by atoms with Crippen molar-refractivity contribution in [3.8, 4) is 17.6 Å². The minimum atomic E-state index is -0.934. The molecular weight excluding hydrogens is 264 g/mol. The van der Waals surface area contributed by atoms with Crippen molar-refractivity contribution in [2.45, 2.75) is 6.61 Å². The fourth-order valence-electron chi connectivity index (χ4n) is 1.66. The molecule has 0 aliphatic carbocycles. The molecule has 0 aliphatic heterocycles. The van der Waals surface area contributed by atoms with Crippen LogP contribution in [-0.2, 0) is 6.61 Å². The van der Waals surface area contributed by atoms with Crippen molar-refractivity contribution >= 4 is 0 Å². The highest BCUT2D eigenvalue weighted by molar-refractivity contribution is 5.43. The molecule has 0 fully saturated rings. The van der Waals surface area contributed by atoms with E-state index in [4.69, 9.17) is 14.7 Å². The Bertz CT molecular complexity index is 665. The zero-order valence-electron chi connectivity index (χ0n) is 10.7. The van der Waals surface area contributed by atoms with Crippen molar-refractivity contribution in [3.63, 3.8) is 0 Å². The Morgan fingerprint density at radius 2 is 1.90 bits per heavy atom. The maximum Gasteiger partial charge on any atom is 0.165 e. The molecule has 2 rings (SSSR count). The number of hydrogen-bond acceptors (Lipinski definition) is 3. The van der Waals surface area contributed by atoms with Gasteiger partial charge in [0.1, 0.15) is 18.1 Å². The molecule has 0 saturated heterocycles. The molecule has 20 heavy (non-hydrogen) atoms. The lowest BCUT2D eigenvalue weighted by atomic mass is 10.2. The lowest BCUT2D eigenvalue weighted by Crippen LogP contribution is -2.01. The number of halogens is 2. The number of methoxy groups -OCH3 is 1. The molecule has 3 nitrogen and oxygen atoms in total. The minimum absolute atomic E-state index is 0.103. The highest BCUT2D eigenvalue weighted by atomic mass is 19.2. The van der Waals surface area contributed by atoms with E-state index in [1.165, 1.54) is 25.3 Å². The normalized spacial score (nSPS) is 9.90. The molecule has 102 valence electrons. The predicted molar refractivity (Wildman–Crippen MR) is 68.4 cm³/mol. The Kier molecular flexibility index (Phi) is 4.16. The molecule has 0 atom stereocenters. The lowest BCUT2D eigenvalue weighted by molar-refractivity contribution is 0.295. The highest BCUT2D eigenvalue weighted by Crippen LogP contribution is 2.23. The first-order valence-electron chi connectivity index (χ1n) is 5.79. The number of rotatable bonds is 4. The molecule has 0 N–H and O–H groups in total. The summed E-state index contributed by atoms with van der Waals surface area (Å²) in [6.07, 6.45) is 0. The molecule has 0 unspecified atom stereocenters. The first-order chi connectivity index (χ1) is 9.63. The molecule has 0 bridgehead atoms. The van der Waals surface area contributed by atoms with E-state index in [0.717, 1.165) is 6.07 Å². The molecule has 0 spiro atoms.